The number of allylic oxidation sites excluding steroid dienone is 2. The van der Waals surface area contributed by atoms with E-state index in [2.05, 4.69) is 32.6 Å². The molecule has 1 nitrogen and oxygen atoms in total. The van der Waals surface area contributed by atoms with E-state index in [1.165, 1.54) is 44.9 Å². The number of aliphatic hydroxyl groups excluding tert-OH is 1. The fourth-order valence-electron chi connectivity index (χ4n) is 7.14. The molecule has 7 unspecified atom stereocenters. The minimum Gasteiger partial charge on any atom is -0.389 e. The average molecular weight is 300 g/mol. The summed E-state index contributed by atoms with van der Waals surface area (Å²) in [6.07, 6.45) is 14.6. The smallest absolute Gasteiger partial charge is 0.0724 e. The lowest BCUT2D eigenvalue weighted by Crippen LogP contribution is -2.50. The first-order chi connectivity index (χ1) is 10.5. The highest BCUT2D eigenvalue weighted by molar-refractivity contribution is 5.25. The molecule has 0 spiro atoms. The first-order valence-corrected chi connectivity index (χ1v) is 9.51. The third kappa shape index (κ3) is 1.87. The average Bonchev–Trinajstić information content (AvgIpc) is 2.84. The van der Waals surface area contributed by atoms with Crippen molar-refractivity contribution >= 4 is 0 Å². The van der Waals surface area contributed by atoms with E-state index in [0.29, 0.717) is 10.8 Å². The SMILES string of the molecule is C=CC1CCC2C3CCC4=CC(O)CCC4(C)C3CCC12C. The molecule has 7 atom stereocenters. The molecule has 4 aliphatic carbocycles. The van der Waals surface area contributed by atoms with Crippen LogP contribution in [0.5, 0.6) is 0 Å². The van der Waals surface area contributed by atoms with Crippen LogP contribution < -0.4 is 0 Å². The lowest BCUT2D eigenvalue weighted by molar-refractivity contribution is -0.0495. The molecule has 0 aliphatic heterocycles. The number of hydrogen-bond acceptors (Lipinski definition) is 1. The van der Waals surface area contributed by atoms with Gasteiger partial charge in [-0.3, -0.25) is 0 Å². The van der Waals surface area contributed by atoms with Gasteiger partial charge in [-0.05, 0) is 85.9 Å². The van der Waals surface area contributed by atoms with Crippen LogP contribution in [0, 0.1) is 34.5 Å². The van der Waals surface area contributed by atoms with Crippen LogP contribution in [-0.4, -0.2) is 11.2 Å². The van der Waals surface area contributed by atoms with Gasteiger partial charge in [-0.2, -0.15) is 0 Å². The molecule has 0 bridgehead atoms. The van der Waals surface area contributed by atoms with Gasteiger partial charge in [0.15, 0.2) is 0 Å². The van der Waals surface area contributed by atoms with E-state index >= 15 is 0 Å². The Kier molecular flexibility index (Phi) is 3.39. The Hall–Kier alpha value is -0.560. The Morgan fingerprint density at radius 3 is 2.68 bits per heavy atom. The Labute approximate surface area is 135 Å². The van der Waals surface area contributed by atoms with Gasteiger partial charge in [0.1, 0.15) is 0 Å². The van der Waals surface area contributed by atoms with Gasteiger partial charge < -0.3 is 5.11 Å². The van der Waals surface area contributed by atoms with Gasteiger partial charge in [-0.25, -0.2) is 0 Å². The molecule has 122 valence electrons. The van der Waals surface area contributed by atoms with Crippen molar-refractivity contribution < 1.29 is 5.11 Å². The van der Waals surface area contributed by atoms with Crippen molar-refractivity contribution in [2.24, 2.45) is 34.5 Å². The van der Waals surface area contributed by atoms with Crippen LogP contribution in [0.15, 0.2) is 24.3 Å². The molecular weight excluding hydrogens is 268 g/mol. The highest BCUT2D eigenvalue weighted by Gasteiger charge is 2.58. The van der Waals surface area contributed by atoms with Gasteiger partial charge in [0.2, 0.25) is 0 Å². The molecule has 3 fully saturated rings. The second kappa shape index (κ2) is 4.97. The molecule has 0 aromatic rings. The van der Waals surface area contributed by atoms with Crippen LogP contribution in [0.3, 0.4) is 0 Å². The summed E-state index contributed by atoms with van der Waals surface area (Å²) in [6, 6.07) is 0. The summed E-state index contributed by atoms with van der Waals surface area (Å²) < 4.78 is 0. The zero-order chi connectivity index (χ0) is 15.5. The number of hydrogen-bond donors (Lipinski definition) is 1. The fourth-order valence-corrected chi connectivity index (χ4v) is 7.14. The summed E-state index contributed by atoms with van der Waals surface area (Å²) in [7, 11) is 0. The van der Waals surface area contributed by atoms with Crippen LogP contribution in [0.4, 0.5) is 0 Å². The van der Waals surface area contributed by atoms with Crippen LogP contribution >= 0.6 is 0 Å². The zero-order valence-corrected chi connectivity index (χ0v) is 14.4. The lowest BCUT2D eigenvalue weighted by atomic mass is 9.47. The molecule has 0 saturated heterocycles. The van der Waals surface area contributed by atoms with Crippen LogP contribution in [0.1, 0.15) is 65.2 Å². The molecule has 0 heterocycles. The van der Waals surface area contributed by atoms with Gasteiger partial charge in [-0.15, -0.1) is 6.58 Å². The third-order valence-corrected chi connectivity index (χ3v) is 8.45. The maximum absolute atomic E-state index is 10.0. The van der Waals surface area contributed by atoms with Crippen LogP contribution in [-0.2, 0) is 0 Å². The maximum Gasteiger partial charge on any atom is 0.0724 e. The summed E-state index contributed by atoms with van der Waals surface area (Å²) >= 11 is 0. The molecule has 0 amide bonds. The monoisotopic (exact) mass is 300 g/mol. The van der Waals surface area contributed by atoms with E-state index in [4.69, 9.17) is 0 Å². The second-order valence-electron chi connectivity index (χ2n) is 9.09. The van der Waals surface area contributed by atoms with Gasteiger partial charge in [0.25, 0.3) is 0 Å². The van der Waals surface area contributed by atoms with Crippen LogP contribution in [0.25, 0.3) is 0 Å². The number of fused-ring (bicyclic) bond motifs is 5. The Balaban J connectivity index is 1.67. The quantitative estimate of drug-likeness (QED) is 0.667. The molecule has 22 heavy (non-hydrogen) atoms. The van der Waals surface area contributed by atoms with Crippen molar-refractivity contribution in [3.63, 3.8) is 0 Å². The Bertz CT molecular complexity index is 506. The van der Waals surface area contributed by atoms with Crippen molar-refractivity contribution in [2.45, 2.75) is 71.3 Å². The fraction of sp³-hybridized carbons (Fsp3) is 0.810. The highest BCUT2D eigenvalue weighted by atomic mass is 16.3. The largest absolute Gasteiger partial charge is 0.389 e. The van der Waals surface area contributed by atoms with E-state index in [0.717, 1.165) is 30.1 Å². The summed E-state index contributed by atoms with van der Waals surface area (Å²) in [4.78, 5) is 0. The third-order valence-electron chi connectivity index (χ3n) is 8.45. The molecule has 3 saturated carbocycles. The minimum absolute atomic E-state index is 0.176. The predicted octanol–water partition coefficient (Wildman–Crippen LogP) is 5.11. The molecular formula is C21H32O. The van der Waals surface area contributed by atoms with Gasteiger partial charge >= 0.3 is 0 Å². The molecule has 4 rings (SSSR count). The molecule has 4 aliphatic rings. The summed E-state index contributed by atoms with van der Waals surface area (Å²) in [5.74, 6) is 3.44. The number of aliphatic hydroxyl groups is 1. The topological polar surface area (TPSA) is 20.2 Å². The Morgan fingerprint density at radius 1 is 1.09 bits per heavy atom. The van der Waals surface area contributed by atoms with E-state index in [9.17, 15) is 5.11 Å². The summed E-state index contributed by atoms with van der Waals surface area (Å²) in [5.41, 5.74) is 2.50. The maximum atomic E-state index is 10.0. The normalized spacial score (nSPS) is 54.0. The molecule has 0 radical (unpaired) electrons. The first kappa shape index (κ1) is 15.0. The van der Waals surface area contributed by atoms with Crippen molar-refractivity contribution in [2.75, 3.05) is 0 Å². The van der Waals surface area contributed by atoms with Crippen molar-refractivity contribution in [1.82, 2.24) is 0 Å². The summed E-state index contributed by atoms with van der Waals surface area (Å²) in [6.45, 7) is 9.21. The standard InChI is InChI=1S/C21H32O/c1-4-14-6-8-18-17-7-5-15-13-16(22)9-11-21(15,3)19(17)10-12-20(14,18)2/h4,13-14,16-19,22H,1,5-12H2,2-3H3. The summed E-state index contributed by atoms with van der Waals surface area (Å²) in [5, 5.41) is 10.0. The Morgan fingerprint density at radius 2 is 1.91 bits per heavy atom. The first-order valence-electron chi connectivity index (χ1n) is 9.51. The van der Waals surface area contributed by atoms with Gasteiger partial charge in [0, 0.05) is 0 Å². The van der Waals surface area contributed by atoms with Gasteiger partial charge in [-0.1, -0.05) is 31.6 Å². The second-order valence-corrected chi connectivity index (χ2v) is 9.09. The number of rotatable bonds is 1. The van der Waals surface area contributed by atoms with E-state index in [1.54, 1.807) is 5.57 Å². The van der Waals surface area contributed by atoms with Crippen molar-refractivity contribution in [1.29, 1.82) is 0 Å². The molecule has 0 aromatic heterocycles. The van der Waals surface area contributed by atoms with E-state index in [-0.39, 0.29) is 6.10 Å². The molecule has 1 N–H and O–H groups in total. The van der Waals surface area contributed by atoms with Crippen LogP contribution in [0.2, 0.25) is 0 Å². The molecule has 1 heteroatoms. The molecule has 0 aromatic carbocycles. The predicted molar refractivity (Wildman–Crippen MR) is 91.4 cm³/mol. The van der Waals surface area contributed by atoms with E-state index in [1.807, 2.05) is 0 Å². The van der Waals surface area contributed by atoms with Crippen molar-refractivity contribution in [3.05, 3.63) is 24.3 Å². The highest BCUT2D eigenvalue weighted by Crippen LogP contribution is 2.66. The zero-order valence-electron chi connectivity index (χ0n) is 14.4. The minimum atomic E-state index is -0.176. The van der Waals surface area contributed by atoms with Crippen molar-refractivity contribution in [3.8, 4) is 0 Å². The van der Waals surface area contributed by atoms with E-state index < -0.39 is 0 Å². The van der Waals surface area contributed by atoms with Gasteiger partial charge in [0.05, 0.1) is 6.10 Å². The lowest BCUT2D eigenvalue weighted by Gasteiger charge is -2.58.